The van der Waals surface area contributed by atoms with Crippen molar-refractivity contribution in [2.24, 2.45) is 0 Å². The maximum absolute atomic E-state index is 11.8. The van der Waals surface area contributed by atoms with Gasteiger partial charge in [0.05, 0.1) is 11.1 Å². The van der Waals surface area contributed by atoms with E-state index in [1.165, 1.54) is 0 Å². The van der Waals surface area contributed by atoms with Gasteiger partial charge in [0.1, 0.15) is 17.5 Å². The fraction of sp³-hybridized carbons (Fsp3) is 0.133. The average Bonchev–Trinajstić information content (AvgIpc) is 2.49. The average molecular weight is 777 g/mol. The highest BCUT2D eigenvalue weighted by Crippen LogP contribution is 2.35. The van der Waals surface area contributed by atoms with Crippen LogP contribution in [0.1, 0.15) is 9.49 Å². The molecule has 0 aliphatic carbocycles. The molecule has 0 saturated heterocycles. The van der Waals surface area contributed by atoms with Crippen molar-refractivity contribution in [2.45, 2.75) is 9.97 Å². The highest BCUT2D eigenvalue weighted by molar-refractivity contribution is 14.1. The number of phenols is 2. The Balaban J connectivity index is 2.34. The zero-order chi connectivity index (χ0) is 18.0. The van der Waals surface area contributed by atoms with E-state index in [-0.39, 0.29) is 15.4 Å². The van der Waals surface area contributed by atoms with E-state index < -0.39 is 12.0 Å². The van der Waals surface area contributed by atoms with Crippen LogP contribution in [0.15, 0.2) is 30.3 Å². The number of anilines is 1. The second-order valence-electron chi connectivity index (χ2n) is 4.86. The van der Waals surface area contributed by atoms with Gasteiger partial charge >= 0.3 is 5.97 Å². The molecule has 4 N–H and O–H groups in total. The lowest BCUT2D eigenvalue weighted by Gasteiger charge is -2.23. The Hall–Kier alpha value is 0.230. The number of aliphatic carboxylic acids is 1. The number of nitrogens with one attached hydrogen (secondary N) is 1. The van der Waals surface area contributed by atoms with Crippen molar-refractivity contribution in [3.8, 4) is 11.5 Å². The van der Waals surface area contributed by atoms with E-state index in [0.29, 0.717) is 12.8 Å². The largest absolute Gasteiger partial charge is 0.508 e. The van der Waals surface area contributed by atoms with Gasteiger partial charge < -0.3 is 20.6 Å². The van der Waals surface area contributed by atoms with Crippen molar-refractivity contribution in [3.05, 3.63) is 46.6 Å². The smallest absolute Gasteiger partial charge is 0.327 e. The topological polar surface area (TPSA) is 89.8 Å². The summed E-state index contributed by atoms with van der Waals surface area (Å²) in [7, 11) is 0. The predicted octanol–water partition coefficient (Wildman–Crippen LogP) is 4.95. The minimum absolute atomic E-state index is 0.147. The van der Waals surface area contributed by atoms with Gasteiger partial charge in [0.25, 0.3) is 0 Å². The van der Waals surface area contributed by atoms with Crippen LogP contribution >= 0.6 is 90.4 Å². The second-order valence-corrected chi connectivity index (χ2v) is 9.68. The van der Waals surface area contributed by atoms with E-state index in [2.05, 4.69) is 50.5 Å². The van der Waals surface area contributed by atoms with Gasteiger partial charge in [0, 0.05) is 9.26 Å². The molecular formula is C15H11I4NO4. The third-order valence-electron chi connectivity index (χ3n) is 3.18. The minimum atomic E-state index is -0.976. The van der Waals surface area contributed by atoms with Crippen LogP contribution in [-0.2, 0) is 4.79 Å². The van der Waals surface area contributed by atoms with Gasteiger partial charge in [-0.2, -0.15) is 0 Å². The molecular weight excluding hydrogens is 766 g/mol. The molecule has 0 fully saturated rings. The first-order valence-electron chi connectivity index (χ1n) is 6.50. The molecule has 0 bridgehead atoms. The summed E-state index contributed by atoms with van der Waals surface area (Å²) in [6.07, 6.45) is 0. The third kappa shape index (κ3) is 4.90. The number of benzene rings is 2. The lowest BCUT2D eigenvalue weighted by Crippen LogP contribution is -2.33. The number of carbonyl (C=O) groups is 1. The monoisotopic (exact) mass is 777 g/mol. The standard InChI is InChI=1S/C15H11I4NO4/c16-9-5-7(21)1-2-8(9)12(19)13(15(23)24)20-6-3-10(17)14(22)11(18)4-6/h1-5,12-13,20-22H,(H,23,24)/t12?,13-/m0/s1. The Bertz CT molecular complexity index is 761. The first-order chi connectivity index (χ1) is 11.2. The van der Waals surface area contributed by atoms with Crippen LogP contribution in [0, 0.1) is 10.7 Å². The molecule has 0 aromatic heterocycles. The van der Waals surface area contributed by atoms with Crippen LogP contribution < -0.4 is 5.32 Å². The molecule has 0 saturated carbocycles. The maximum Gasteiger partial charge on any atom is 0.327 e. The summed E-state index contributed by atoms with van der Waals surface area (Å²) in [5.41, 5.74) is 1.46. The summed E-state index contributed by atoms with van der Waals surface area (Å²) in [4.78, 5) is 11.8. The van der Waals surface area contributed by atoms with Crippen molar-refractivity contribution >= 4 is 102 Å². The SMILES string of the molecule is O=C(O)[C@@H](Nc1cc(I)c(O)c(I)c1)C(I)c1ccc(O)cc1I. The lowest BCUT2D eigenvalue weighted by molar-refractivity contribution is -0.137. The molecule has 2 aromatic carbocycles. The maximum atomic E-state index is 11.8. The minimum Gasteiger partial charge on any atom is -0.508 e. The van der Waals surface area contributed by atoms with Gasteiger partial charge in [-0.3, -0.25) is 0 Å². The van der Waals surface area contributed by atoms with E-state index in [4.69, 9.17) is 0 Å². The van der Waals surface area contributed by atoms with Gasteiger partial charge in [-0.25, -0.2) is 4.79 Å². The summed E-state index contributed by atoms with van der Waals surface area (Å²) < 4.78 is 1.75. The van der Waals surface area contributed by atoms with Crippen molar-refractivity contribution in [3.63, 3.8) is 0 Å². The summed E-state index contributed by atoms with van der Waals surface area (Å²) >= 11 is 8.18. The summed E-state index contributed by atoms with van der Waals surface area (Å²) in [5.74, 6) is -0.640. The molecule has 9 heteroatoms. The quantitative estimate of drug-likeness (QED) is 0.196. The molecule has 1 unspecified atom stereocenters. The van der Waals surface area contributed by atoms with Gasteiger partial charge in [-0.15, -0.1) is 0 Å². The van der Waals surface area contributed by atoms with Crippen LogP contribution in [0.5, 0.6) is 11.5 Å². The molecule has 0 spiro atoms. The van der Waals surface area contributed by atoms with Gasteiger partial charge in [-0.1, -0.05) is 28.7 Å². The highest BCUT2D eigenvalue weighted by atomic mass is 127. The van der Waals surface area contributed by atoms with E-state index in [0.717, 1.165) is 9.13 Å². The fourth-order valence-electron chi connectivity index (χ4n) is 2.01. The zero-order valence-corrected chi connectivity index (χ0v) is 20.4. The Kier molecular flexibility index (Phi) is 7.49. The Morgan fingerprint density at radius 3 is 2.08 bits per heavy atom. The molecule has 0 aliphatic rings. The van der Waals surface area contributed by atoms with Crippen molar-refractivity contribution in [2.75, 3.05) is 5.32 Å². The van der Waals surface area contributed by atoms with E-state index in [1.807, 2.05) is 45.2 Å². The molecule has 128 valence electrons. The van der Waals surface area contributed by atoms with Crippen LogP contribution in [0.25, 0.3) is 0 Å². The number of hydrogen-bond acceptors (Lipinski definition) is 4. The van der Waals surface area contributed by atoms with Crippen LogP contribution in [0.3, 0.4) is 0 Å². The van der Waals surface area contributed by atoms with E-state index in [1.54, 1.807) is 30.3 Å². The van der Waals surface area contributed by atoms with Crippen molar-refractivity contribution in [1.29, 1.82) is 0 Å². The third-order valence-corrected chi connectivity index (χ3v) is 7.15. The highest BCUT2D eigenvalue weighted by Gasteiger charge is 2.29. The van der Waals surface area contributed by atoms with Gasteiger partial charge in [-0.05, 0) is 97.6 Å². The summed E-state index contributed by atoms with van der Waals surface area (Å²) in [5, 5.41) is 32.0. The number of carboxylic acid groups (broad SMARTS) is 1. The van der Waals surface area contributed by atoms with Crippen molar-refractivity contribution < 1.29 is 20.1 Å². The molecule has 0 radical (unpaired) electrons. The number of alkyl halides is 1. The molecule has 2 aromatic rings. The second kappa shape index (κ2) is 8.75. The molecule has 24 heavy (non-hydrogen) atoms. The number of rotatable bonds is 5. The van der Waals surface area contributed by atoms with Gasteiger partial charge in [0.2, 0.25) is 0 Å². The number of phenolic OH excluding ortho intramolecular Hbond substituents is 2. The first kappa shape index (κ1) is 20.5. The van der Waals surface area contributed by atoms with Crippen LogP contribution in [-0.4, -0.2) is 27.3 Å². The number of halogens is 4. The molecule has 5 nitrogen and oxygen atoms in total. The number of hydrogen-bond donors (Lipinski definition) is 4. The Morgan fingerprint density at radius 1 is 1.00 bits per heavy atom. The summed E-state index contributed by atoms with van der Waals surface area (Å²) in [6, 6.07) is 7.44. The molecule has 0 aliphatic heterocycles. The van der Waals surface area contributed by atoms with Gasteiger partial charge in [0.15, 0.2) is 0 Å². The van der Waals surface area contributed by atoms with Crippen LogP contribution in [0.2, 0.25) is 0 Å². The first-order valence-corrected chi connectivity index (χ1v) is 11.0. The lowest BCUT2D eigenvalue weighted by atomic mass is 10.1. The Morgan fingerprint density at radius 2 is 1.58 bits per heavy atom. The normalized spacial score (nSPS) is 13.3. The van der Waals surface area contributed by atoms with Crippen molar-refractivity contribution in [1.82, 2.24) is 0 Å². The van der Waals surface area contributed by atoms with E-state index in [9.17, 15) is 20.1 Å². The zero-order valence-electron chi connectivity index (χ0n) is 11.8. The number of carboxylic acids is 1. The predicted molar refractivity (Wildman–Crippen MR) is 126 cm³/mol. The van der Waals surface area contributed by atoms with Crippen LogP contribution in [0.4, 0.5) is 5.69 Å². The molecule has 0 heterocycles. The molecule has 2 rings (SSSR count). The number of aromatic hydroxyl groups is 2. The fourth-order valence-corrected chi connectivity index (χ4v) is 6.24. The Labute approximate surface area is 193 Å². The molecule has 0 amide bonds. The van der Waals surface area contributed by atoms with E-state index >= 15 is 0 Å². The molecule has 2 atom stereocenters. The summed E-state index contributed by atoms with van der Waals surface area (Å²) in [6.45, 7) is 0.